The van der Waals surface area contributed by atoms with Crippen molar-refractivity contribution in [2.75, 3.05) is 19.1 Å². The number of halogens is 1. The molecule has 0 unspecified atom stereocenters. The molecule has 0 atom stereocenters. The highest BCUT2D eigenvalue weighted by atomic mass is 19.1. The molecule has 1 aliphatic rings. The maximum absolute atomic E-state index is 13.4. The third kappa shape index (κ3) is 2.07. The van der Waals surface area contributed by atoms with E-state index in [2.05, 4.69) is 16.7 Å². The average Bonchev–Trinajstić information content (AvgIpc) is 3.05. The molecule has 0 fully saturated rings. The van der Waals surface area contributed by atoms with E-state index in [4.69, 9.17) is 4.74 Å². The molecule has 0 saturated heterocycles. The summed E-state index contributed by atoms with van der Waals surface area (Å²) in [6.07, 6.45) is 1.43. The summed E-state index contributed by atoms with van der Waals surface area (Å²) in [4.78, 5) is 5.54. The summed E-state index contributed by atoms with van der Waals surface area (Å²) in [6, 6.07) is 10.8. The van der Waals surface area contributed by atoms with Crippen molar-refractivity contribution in [3.05, 3.63) is 60.7 Å². The Kier molecular flexibility index (Phi) is 3.13. The fourth-order valence-electron chi connectivity index (χ4n) is 2.87. The summed E-state index contributed by atoms with van der Waals surface area (Å²) < 4.78 is 20.5. The Hall–Kier alpha value is -3.15. The van der Waals surface area contributed by atoms with Crippen LogP contribution in [0.1, 0.15) is 5.56 Å². The standard InChI is InChI=1S/C18H15FN4O/c1-11-14-9-13(24-3)4-5-16(14)23-18(22(11)2)10-15(21-23)12-6-7-20-17(19)8-12/h4-10H,1H2,2-3H3. The first-order valence-electron chi connectivity index (χ1n) is 7.42. The molecule has 3 heterocycles. The SMILES string of the molecule is C=C1c2cc(OC)ccc2-n2nc(-c3ccnc(F)c3)cc2N1C. The minimum atomic E-state index is -0.527. The van der Waals surface area contributed by atoms with E-state index in [1.807, 2.05) is 40.9 Å². The van der Waals surface area contributed by atoms with Gasteiger partial charge in [0, 0.05) is 42.2 Å². The van der Waals surface area contributed by atoms with Crippen LogP contribution < -0.4 is 9.64 Å². The van der Waals surface area contributed by atoms with Crippen molar-refractivity contribution >= 4 is 11.5 Å². The highest BCUT2D eigenvalue weighted by Gasteiger charge is 2.25. The Morgan fingerprint density at radius 3 is 2.75 bits per heavy atom. The summed E-state index contributed by atoms with van der Waals surface area (Å²) >= 11 is 0. The van der Waals surface area contributed by atoms with Gasteiger partial charge >= 0.3 is 0 Å². The summed E-state index contributed by atoms with van der Waals surface area (Å²) in [6.45, 7) is 4.17. The van der Waals surface area contributed by atoms with Gasteiger partial charge in [-0.3, -0.25) is 0 Å². The van der Waals surface area contributed by atoms with Gasteiger partial charge in [0.15, 0.2) is 0 Å². The molecule has 0 saturated carbocycles. The lowest BCUT2D eigenvalue weighted by atomic mass is 10.1. The highest BCUT2D eigenvalue weighted by molar-refractivity contribution is 5.86. The average molecular weight is 322 g/mol. The van der Waals surface area contributed by atoms with Gasteiger partial charge in [0.2, 0.25) is 5.95 Å². The van der Waals surface area contributed by atoms with Crippen LogP contribution in [-0.4, -0.2) is 28.9 Å². The van der Waals surface area contributed by atoms with Gasteiger partial charge in [-0.1, -0.05) is 6.58 Å². The minimum Gasteiger partial charge on any atom is -0.497 e. The molecule has 0 spiro atoms. The highest BCUT2D eigenvalue weighted by Crippen LogP contribution is 2.38. The van der Waals surface area contributed by atoms with Gasteiger partial charge in [-0.2, -0.15) is 9.49 Å². The summed E-state index contributed by atoms with van der Waals surface area (Å²) in [5.41, 5.74) is 4.06. The molecule has 2 aromatic heterocycles. The molecule has 1 aliphatic heterocycles. The molecule has 24 heavy (non-hydrogen) atoms. The van der Waals surface area contributed by atoms with Crippen LogP contribution in [0.5, 0.6) is 5.75 Å². The van der Waals surface area contributed by atoms with Gasteiger partial charge in [0.1, 0.15) is 11.6 Å². The van der Waals surface area contributed by atoms with Crippen molar-refractivity contribution in [2.45, 2.75) is 0 Å². The smallest absolute Gasteiger partial charge is 0.213 e. The molecular formula is C18H15FN4O. The quantitative estimate of drug-likeness (QED) is 0.677. The number of pyridine rings is 1. The number of fused-ring (bicyclic) bond motifs is 3. The zero-order valence-corrected chi connectivity index (χ0v) is 13.3. The van der Waals surface area contributed by atoms with Crippen molar-refractivity contribution in [1.29, 1.82) is 0 Å². The second-order valence-corrected chi connectivity index (χ2v) is 5.56. The molecule has 0 amide bonds. The maximum Gasteiger partial charge on any atom is 0.213 e. The van der Waals surface area contributed by atoms with Gasteiger partial charge in [-0.15, -0.1) is 0 Å². The van der Waals surface area contributed by atoms with Crippen LogP contribution in [0.2, 0.25) is 0 Å². The Morgan fingerprint density at radius 1 is 1.17 bits per heavy atom. The van der Waals surface area contributed by atoms with Crippen LogP contribution in [0.25, 0.3) is 22.6 Å². The van der Waals surface area contributed by atoms with Crippen LogP contribution in [-0.2, 0) is 0 Å². The normalized spacial score (nSPS) is 12.8. The number of ether oxygens (including phenoxy) is 1. The Morgan fingerprint density at radius 2 is 2.00 bits per heavy atom. The van der Waals surface area contributed by atoms with Crippen LogP contribution >= 0.6 is 0 Å². The van der Waals surface area contributed by atoms with Crippen LogP contribution in [0, 0.1) is 5.95 Å². The molecule has 0 bridgehead atoms. The zero-order chi connectivity index (χ0) is 16.8. The molecule has 0 aliphatic carbocycles. The number of methoxy groups -OCH3 is 1. The van der Waals surface area contributed by atoms with Crippen molar-refractivity contribution in [1.82, 2.24) is 14.8 Å². The summed E-state index contributed by atoms with van der Waals surface area (Å²) in [5, 5.41) is 4.64. The number of benzene rings is 1. The Balaban J connectivity index is 1.91. The Labute approximate surface area is 138 Å². The predicted octanol–water partition coefficient (Wildman–Crippen LogP) is 3.50. The van der Waals surface area contributed by atoms with Crippen molar-refractivity contribution in [3.63, 3.8) is 0 Å². The molecule has 3 aromatic rings. The summed E-state index contributed by atoms with van der Waals surface area (Å²) in [5.74, 6) is 1.10. The lowest BCUT2D eigenvalue weighted by Crippen LogP contribution is -2.24. The van der Waals surface area contributed by atoms with E-state index in [9.17, 15) is 4.39 Å². The lowest BCUT2D eigenvalue weighted by molar-refractivity contribution is 0.414. The van der Waals surface area contributed by atoms with E-state index < -0.39 is 5.95 Å². The number of hydrogen-bond donors (Lipinski definition) is 0. The monoisotopic (exact) mass is 322 g/mol. The van der Waals surface area contributed by atoms with Crippen molar-refractivity contribution in [3.8, 4) is 22.7 Å². The van der Waals surface area contributed by atoms with Gasteiger partial charge in [-0.25, -0.2) is 9.67 Å². The molecule has 0 radical (unpaired) electrons. The van der Waals surface area contributed by atoms with Crippen molar-refractivity contribution < 1.29 is 9.13 Å². The van der Waals surface area contributed by atoms with E-state index in [1.165, 1.54) is 12.3 Å². The largest absolute Gasteiger partial charge is 0.497 e. The minimum absolute atomic E-state index is 0.527. The first-order valence-corrected chi connectivity index (χ1v) is 7.42. The fourth-order valence-corrected chi connectivity index (χ4v) is 2.87. The molecule has 5 nitrogen and oxygen atoms in total. The molecular weight excluding hydrogens is 307 g/mol. The van der Waals surface area contributed by atoms with E-state index >= 15 is 0 Å². The van der Waals surface area contributed by atoms with Crippen LogP contribution in [0.15, 0.2) is 49.2 Å². The Bertz CT molecular complexity index is 963. The first kappa shape index (κ1) is 14.4. The number of nitrogens with zero attached hydrogens (tertiary/aromatic N) is 4. The zero-order valence-electron chi connectivity index (χ0n) is 13.3. The fraction of sp³-hybridized carbons (Fsp3) is 0.111. The van der Waals surface area contributed by atoms with Gasteiger partial charge < -0.3 is 9.64 Å². The summed E-state index contributed by atoms with van der Waals surface area (Å²) in [7, 11) is 3.56. The van der Waals surface area contributed by atoms with Crippen molar-refractivity contribution in [2.24, 2.45) is 0 Å². The third-order valence-electron chi connectivity index (χ3n) is 4.20. The second-order valence-electron chi connectivity index (χ2n) is 5.56. The van der Waals surface area contributed by atoms with Gasteiger partial charge in [-0.05, 0) is 24.3 Å². The van der Waals surface area contributed by atoms with Crippen LogP contribution in [0.3, 0.4) is 0 Å². The topological polar surface area (TPSA) is 43.2 Å². The molecule has 0 N–H and O–H groups in total. The molecule has 4 rings (SSSR count). The maximum atomic E-state index is 13.4. The van der Waals surface area contributed by atoms with Gasteiger partial charge in [0.05, 0.1) is 18.5 Å². The van der Waals surface area contributed by atoms with E-state index in [0.29, 0.717) is 11.3 Å². The number of aromatic nitrogens is 3. The predicted molar refractivity (Wildman–Crippen MR) is 90.7 cm³/mol. The molecule has 120 valence electrons. The van der Waals surface area contributed by atoms with E-state index in [1.54, 1.807) is 13.2 Å². The number of anilines is 1. The van der Waals surface area contributed by atoms with Crippen LogP contribution in [0.4, 0.5) is 10.2 Å². The molecule has 1 aromatic carbocycles. The first-order chi connectivity index (χ1) is 11.6. The third-order valence-corrected chi connectivity index (χ3v) is 4.20. The van der Waals surface area contributed by atoms with Gasteiger partial charge in [0.25, 0.3) is 0 Å². The van der Waals surface area contributed by atoms with E-state index in [0.717, 1.165) is 28.5 Å². The number of hydrogen-bond acceptors (Lipinski definition) is 4. The lowest BCUT2D eigenvalue weighted by Gasteiger charge is -2.29. The second kappa shape index (κ2) is 5.19. The number of rotatable bonds is 2. The van der Waals surface area contributed by atoms with E-state index in [-0.39, 0.29) is 0 Å². The molecule has 6 heteroatoms.